The van der Waals surface area contributed by atoms with Crippen molar-refractivity contribution in [3.63, 3.8) is 0 Å². The molecule has 20 heavy (non-hydrogen) atoms. The van der Waals surface area contributed by atoms with Gasteiger partial charge in [-0.2, -0.15) is 0 Å². The van der Waals surface area contributed by atoms with Crippen molar-refractivity contribution < 1.29 is 0 Å². The van der Waals surface area contributed by atoms with Crippen molar-refractivity contribution in [3.8, 4) is 0 Å². The summed E-state index contributed by atoms with van der Waals surface area (Å²) in [5.41, 5.74) is 3.95. The number of nitrogens with zero attached hydrogens (tertiary/aromatic N) is 1. The minimum Gasteiger partial charge on any atom is -0.287 e. The van der Waals surface area contributed by atoms with E-state index in [1.54, 1.807) is 0 Å². The second kappa shape index (κ2) is 7.64. The van der Waals surface area contributed by atoms with E-state index in [2.05, 4.69) is 68.4 Å². The Kier molecular flexibility index (Phi) is 5.55. The molecule has 2 rings (SSSR count). The first kappa shape index (κ1) is 14.5. The van der Waals surface area contributed by atoms with Crippen LogP contribution in [0.4, 0.5) is 0 Å². The maximum atomic E-state index is 4.80. The molecule has 0 saturated carbocycles. The van der Waals surface area contributed by atoms with Crippen LogP contribution in [0.1, 0.15) is 43.9 Å². The molecule has 1 atom stereocenters. The van der Waals surface area contributed by atoms with Crippen LogP contribution in [0.25, 0.3) is 0 Å². The number of benzene rings is 2. The average molecular weight is 265 g/mol. The SMILES string of the molecule is CC(CCCc1ccccc1)=NC(C)c1ccccc1. The molecule has 0 aliphatic rings. The van der Waals surface area contributed by atoms with E-state index < -0.39 is 0 Å². The van der Waals surface area contributed by atoms with Crippen LogP contribution in [0.2, 0.25) is 0 Å². The summed E-state index contributed by atoms with van der Waals surface area (Å²) < 4.78 is 0. The van der Waals surface area contributed by atoms with E-state index in [1.165, 1.54) is 23.3 Å². The predicted octanol–water partition coefficient (Wildman–Crippen LogP) is 5.23. The Morgan fingerprint density at radius 3 is 2.20 bits per heavy atom. The molecule has 1 unspecified atom stereocenters. The second-order valence-electron chi connectivity index (χ2n) is 5.29. The van der Waals surface area contributed by atoms with Gasteiger partial charge in [0.05, 0.1) is 6.04 Å². The smallest absolute Gasteiger partial charge is 0.0720 e. The van der Waals surface area contributed by atoms with Crippen LogP contribution in [0.5, 0.6) is 0 Å². The first-order valence-electron chi connectivity index (χ1n) is 7.38. The highest BCUT2D eigenvalue weighted by molar-refractivity contribution is 5.82. The van der Waals surface area contributed by atoms with Gasteiger partial charge in [-0.25, -0.2) is 0 Å². The lowest BCUT2D eigenvalue weighted by Gasteiger charge is -2.09. The van der Waals surface area contributed by atoms with Crippen LogP contribution in [0.15, 0.2) is 65.7 Å². The van der Waals surface area contributed by atoms with E-state index in [0.717, 1.165) is 12.8 Å². The zero-order valence-electron chi connectivity index (χ0n) is 12.4. The van der Waals surface area contributed by atoms with E-state index in [-0.39, 0.29) is 6.04 Å². The first-order valence-corrected chi connectivity index (χ1v) is 7.38. The highest BCUT2D eigenvalue weighted by Gasteiger charge is 2.03. The third-order valence-corrected chi connectivity index (χ3v) is 3.54. The molecule has 0 aromatic heterocycles. The molecule has 2 aromatic carbocycles. The largest absolute Gasteiger partial charge is 0.287 e. The summed E-state index contributed by atoms with van der Waals surface area (Å²) in [5, 5.41) is 0. The normalized spacial score (nSPS) is 13.2. The van der Waals surface area contributed by atoms with Gasteiger partial charge in [0, 0.05) is 5.71 Å². The maximum absolute atomic E-state index is 4.80. The standard InChI is InChI=1S/C19H23N/c1-16(10-9-13-18-11-5-3-6-12-18)20-17(2)19-14-7-4-8-15-19/h3-8,11-12,14-15,17H,9-10,13H2,1-2H3. The molecule has 0 aliphatic carbocycles. The Bertz CT molecular complexity index is 528. The number of hydrogen-bond donors (Lipinski definition) is 0. The predicted molar refractivity (Wildman–Crippen MR) is 87.3 cm³/mol. The molecule has 0 aliphatic heterocycles. The van der Waals surface area contributed by atoms with Crippen molar-refractivity contribution in [2.75, 3.05) is 0 Å². The van der Waals surface area contributed by atoms with Gasteiger partial charge in [-0.15, -0.1) is 0 Å². The van der Waals surface area contributed by atoms with Crippen LogP contribution < -0.4 is 0 Å². The molecule has 0 heterocycles. The highest BCUT2D eigenvalue weighted by Crippen LogP contribution is 2.17. The second-order valence-corrected chi connectivity index (χ2v) is 5.29. The maximum Gasteiger partial charge on any atom is 0.0720 e. The summed E-state index contributed by atoms with van der Waals surface area (Å²) in [6, 6.07) is 21.4. The van der Waals surface area contributed by atoms with Crippen LogP contribution >= 0.6 is 0 Å². The van der Waals surface area contributed by atoms with Crippen LogP contribution in [-0.2, 0) is 6.42 Å². The number of rotatable bonds is 6. The minimum atomic E-state index is 0.257. The molecule has 0 fully saturated rings. The van der Waals surface area contributed by atoms with Crippen molar-refractivity contribution in [1.82, 2.24) is 0 Å². The Labute approximate surface area is 122 Å². The Morgan fingerprint density at radius 2 is 1.55 bits per heavy atom. The van der Waals surface area contributed by atoms with Crippen molar-refractivity contribution in [2.24, 2.45) is 4.99 Å². The fraction of sp³-hybridized carbons (Fsp3) is 0.316. The van der Waals surface area contributed by atoms with E-state index in [4.69, 9.17) is 4.99 Å². The molecule has 0 spiro atoms. The topological polar surface area (TPSA) is 12.4 Å². The third-order valence-electron chi connectivity index (χ3n) is 3.54. The third kappa shape index (κ3) is 4.65. The van der Waals surface area contributed by atoms with E-state index in [9.17, 15) is 0 Å². The van der Waals surface area contributed by atoms with Gasteiger partial charge in [-0.1, -0.05) is 60.7 Å². The van der Waals surface area contributed by atoms with Crippen molar-refractivity contribution in [1.29, 1.82) is 0 Å². The Morgan fingerprint density at radius 1 is 0.950 bits per heavy atom. The first-order chi connectivity index (χ1) is 9.75. The summed E-state index contributed by atoms with van der Waals surface area (Å²) in [6.45, 7) is 4.31. The Hall–Kier alpha value is -1.89. The van der Waals surface area contributed by atoms with E-state index in [1.807, 2.05) is 6.07 Å². The molecule has 1 heteroatoms. The molecular weight excluding hydrogens is 242 g/mol. The molecule has 0 bridgehead atoms. The summed E-state index contributed by atoms with van der Waals surface area (Å²) in [7, 11) is 0. The summed E-state index contributed by atoms with van der Waals surface area (Å²) in [4.78, 5) is 4.80. The Balaban J connectivity index is 1.82. The number of hydrogen-bond acceptors (Lipinski definition) is 1. The molecule has 0 radical (unpaired) electrons. The van der Waals surface area contributed by atoms with Crippen molar-refractivity contribution in [3.05, 3.63) is 71.8 Å². The van der Waals surface area contributed by atoms with Gasteiger partial charge in [0.25, 0.3) is 0 Å². The molecule has 0 saturated heterocycles. The zero-order valence-corrected chi connectivity index (χ0v) is 12.4. The van der Waals surface area contributed by atoms with Gasteiger partial charge >= 0.3 is 0 Å². The summed E-state index contributed by atoms with van der Waals surface area (Å²) >= 11 is 0. The number of aliphatic imine (C=N–C) groups is 1. The van der Waals surface area contributed by atoms with Gasteiger partial charge < -0.3 is 0 Å². The van der Waals surface area contributed by atoms with Gasteiger partial charge in [0.15, 0.2) is 0 Å². The van der Waals surface area contributed by atoms with Crippen LogP contribution in [-0.4, -0.2) is 5.71 Å². The van der Waals surface area contributed by atoms with Crippen molar-refractivity contribution >= 4 is 5.71 Å². The average Bonchev–Trinajstić information content (AvgIpc) is 2.49. The van der Waals surface area contributed by atoms with Gasteiger partial charge in [-0.05, 0) is 44.2 Å². The lowest BCUT2D eigenvalue weighted by molar-refractivity contribution is 0.796. The van der Waals surface area contributed by atoms with Gasteiger partial charge in [0.2, 0.25) is 0 Å². The number of aryl methyl sites for hydroxylation is 1. The molecule has 104 valence electrons. The van der Waals surface area contributed by atoms with E-state index >= 15 is 0 Å². The van der Waals surface area contributed by atoms with Gasteiger partial charge in [-0.3, -0.25) is 4.99 Å². The highest BCUT2D eigenvalue weighted by atomic mass is 14.8. The molecular formula is C19H23N. The fourth-order valence-corrected chi connectivity index (χ4v) is 2.39. The zero-order chi connectivity index (χ0) is 14.2. The molecule has 2 aromatic rings. The fourth-order valence-electron chi connectivity index (χ4n) is 2.39. The summed E-state index contributed by atoms with van der Waals surface area (Å²) in [5.74, 6) is 0. The van der Waals surface area contributed by atoms with Gasteiger partial charge in [0.1, 0.15) is 0 Å². The monoisotopic (exact) mass is 265 g/mol. The molecule has 0 amide bonds. The minimum absolute atomic E-state index is 0.257. The van der Waals surface area contributed by atoms with Crippen LogP contribution in [0.3, 0.4) is 0 Å². The summed E-state index contributed by atoms with van der Waals surface area (Å²) in [6.07, 6.45) is 3.38. The molecule has 0 N–H and O–H groups in total. The quantitative estimate of drug-likeness (QED) is 0.634. The van der Waals surface area contributed by atoms with Crippen LogP contribution in [0, 0.1) is 0 Å². The van der Waals surface area contributed by atoms with E-state index in [0.29, 0.717) is 0 Å². The molecule has 1 nitrogen and oxygen atoms in total. The van der Waals surface area contributed by atoms with Crippen molar-refractivity contribution in [2.45, 2.75) is 39.2 Å². The lowest BCUT2D eigenvalue weighted by Crippen LogP contribution is -1.98. The lowest BCUT2D eigenvalue weighted by atomic mass is 10.1.